The first kappa shape index (κ1) is 22.4. The van der Waals surface area contributed by atoms with E-state index in [4.69, 9.17) is 11.6 Å². The van der Waals surface area contributed by atoms with Gasteiger partial charge in [0.05, 0.1) is 21.7 Å². The van der Waals surface area contributed by atoms with Crippen molar-refractivity contribution in [1.29, 1.82) is 0 Å². The van der Waals surface area contributed by atoms with Crippen molar-refractivity contribution in [3.05, 3.63) is 89.4 Å². The highest BCUT2D eigenvalue weighted by atomic mass is 35.5. The Morgan fingerprint density at radius 3 is 2.27 bits per heavy atom. The Hall–Kier alpha value is -3.75. The summed E-state index contributed by atoms with van der Waals surface area (Å²) in [4.78, 5) is 28.8. The van der Waals surface area contributed by atoms with Crippen molar-refractivity contribution in [2.24, 2.45) is 0 Å². The molecule has 4 rings (SSSR count). The molecule has 0 bridgehead atoms. The van der Waals surface area contributed by atoms with Crippen molar-refractivity contribution in [1.82, 2.24) is 9.71 Å². The molecular formula is C24H18ClN3O4S. The number of sulfonamides is 1. The molecule has 3 aromatic carbocycles. The van der Waals surface area contributed by atoms with Gasteiger partial charge in [-0.1, -0.05) is 48.0 Å². The molecule has 166 valence electrons. The second-order valence-electron chi connectivity index (χ2n) is 7.19. The molecule has 0 radical (unpaired) electrons. The molecule has 0 aliphatic carbocycles. The largest absolute Gasteiger partial charge is 0.322 e. The first-order chi connectivity index (χ1) is 15.7. The van der Waals surface area contributed by atoms with Gasteiger partial charge in [-0.3, -0.25) is 9.59 Å². The highest BCUT2D eigenvalue weighted by molar-refractivity contribution is 7.90. The maximum atomic E-state index is 13.2. The van der Waals surface area contributed by atoms with Crippen LogP contribution < -0.4 is 10.0 Å². The van der Waals surface area contributed by atoms with Gasteiger partial charge in [-0.25, -0.2) is 18.1 Å². The van der Waals surface area contributed by atoms with Gasteiger partial charge < -0.3 is 5.32 Å². The van der Waals surface area contributed by atoms with Crippen molar-refractivity contribution in [3.63, 3.8) is 0 Å². The van der Waals surface area contributed by atoms with E-state index in [2.05, 4.69) is 10.3 Å². The molecular weight excluding hydrogens is 462 g/mol. The predicted molar refractivity (Wildman–Crippen MR) is 128 cm³/mol. The molecule has 1 heterocycles. The van der Waals surface area contributed by atoms with Crippen LogP contribution in [0.15, 0.2) is 83.8 Å². The number of hydrogen-bond donors (Lipinski definition) is 2. The fourth-order valence-electron chi connectivity index (χ4n) is 3.33. The summed E-state index contributed by atoms with van der Waals surface area (Å²) >= 11 is 6.34. The molecule has 0 fully saturated rings. The third kappa shape index (κ3) is 4.87. The minimum absolute atomic E-state index is 0.0916. The number of benzene rings is 3. The molecule has 9 heteroatoms. The van der Waals surface area contributed by atoms with Gasteiger partial charge in [-0.05, 0) is 42.5 Å². The lowest BCUT2D eigenvalue weighted by atomic mass is 10.0. The predicted octanol–water partition coefficient (Wildman–Crippen LogP) is 4.63. The van der Waals surface area contributed by atoms with Crippen LogP contribution in [0.5, 0.6) is 0 Å². The molecule has 0 atom stereocenters. The molecule has 0 aliphatic rings. The van der Waals surface area contributed by atoms with Crippen molar-refractivity contribution in [2.75, 3.05) is 5.32 Å². The van der Waals surface area contributed by atoms with E-state index >= 15 is 0 Å². The molecule has 4 aromatic rings. The van der Waals surface area contributed by atoms with Crippen LogP contribution >= 0.6 is 11.6 Å². The summed E-state index contributed by atoms with van der Waals surface area (Å²) in [5, 5.41) is 3.96. The molecule has 7 nitrogen and oxygen atoms in total. The topological polar surface area (TPSA) is 105 Å². The summed E-state index contributed by atoms with van der Waals surface area (Å²) in [6, 6.07) is 21.7. The minimum atomic E-state index is -3.96. The Kier molecular flexibility index (Phi) is 6.13. The smallest absolute Gasteiger partial charge is 0.264 e. The molecule has 0 spiro atoms. The van der Waals surface area contributed by atoms with Crippen LogP contribution in [0.25, 0.3) is 22.2 Å². The Balaban J connectivity index is 1.69. The van der Waals surface area contributed by atoms with Crippen LogP contribution in [-0.4, -0.2) is 25.2 Å². The van der Waals surface area contributed by atoms with E-state index < -0.39 is 15.9 Å². The van der Waals surface area contributed by atoms with Crippen LogP contribution in [0, 0.1) is 0 Å². The summed E-state index contributed by atoms with van der Waals surface area (Å²) in [6.45, 7) is 1.11. The highest BCUT2D eigenvalue weighted by Crippen LogP contribution is 2.30. The molecule has 0 unspecified atom stereocenters. The van der Waals surface area contributed by atoms with E-state index in [0.29, 0.717) is 38.4 Å². The van der Waals surface area contributed by atoms with Crippen molar-refractivity contribution in [3.8, 4) is 11.3 Å². The fraction of sp³-hybridized carbons (Fsp3) is 0.0417. The van der Waals surface area contributed by atoms with Gasteiger partial charge in [0.1, 0.15) is 0 Å². The van der Waals surface area contributed by atoms with E-state index in [1.807, 2.05) is 41.1 Å². The van der Waals surface area contributed by atoms with Gasteiger partial charge in [0, 0.05) is 28.6 Å². The van der Waals surface area contributed by atoms with Crippen molar-refractivity contribution in [2.45, 2.75) is 11.8 Å². The van der Waals surface area contributed by atoms with Crippen LogP contribution in [0.4, 0.5) is 5.69 Å². The maximum absolute atomic E-state index is 13.2. The number of aromatic nitrogens is 1. The number of anilines is 1. The molecule has 0 saturated heterocycles. The van der Waals surface area contributed by atoms with E-state index in [1.165, 1.54) is 24.3 Å². The van der Waals surface area contributed by atoms with Crippen LogP contribution in [0.1, 0.15) is 17.3 Å². The van der Waals surface area contributed by atoms with Crippen LogP contribution in [0.3, 0.4) is 0 Å². The Morgan fingerprint density at radius 1 is 0.909 bits per heavy atom. The van der Waals surface area contributed by atoms with Gasteiger partial charge in [-0.2, -0.15) is 0 Å². The second-order valence-corrected chi connectivity index (χ2v) is 9.28. The zero-order valence-electron chi connectivity index (χ0n) is 17.4. The number of nitrogens with zero attached hydrogens (tertiary/aromatic N) is 1. The van der Waals surface area contributed by atoms with Gasteiger partial charge in [0.25, 0.3) is 15.9 Å². The lowest BCUT2D eigenvalue weighted by molar-refractivity contribution is -0.117. The summed E-state index contributed by atoms with van der Waals surface area (Å²) in [5.41, 5.74) is 2.68. The minimum Gasteiger partial charge on any atom is -0.322 e. The number of para-hydroxylation sites is 1. The second kappa shape index (κ2) is 9.01. The van der Waals surface area contributed by atoms with E-state index in [1.54, 1.807) is 18.2 Å². The SMILES string of the molecule is CC(=O)NS(=O)(=O)c1ccc(NC(=O)c2cc(-c3ccccc3Cl)nc3ccccc23)cc1. The fourth-order valence-corrected chi connectivity index (χ4v) is 4.56. The monoisotopic (exact) mass is 479 g/mol. The van der Waals surface area contributed by atoms with Crippen LogP contribution in [-0.2, 0) is 14.8 Å². The third-order valence-corrected chi connectivity index (χ3v) is 6.59. The summed E-state index contributed by atoms with van der Waals surface area (Å²) in [6.07, 6.45) is 0. The van der Waals surface area contributed by atoms with Gasteiger partial charge in [0.2, 0.25) is 5.91 Å². The zero-order chi connectivity index (χ0) is 23.6. The third-order valence-electron chi connectivity index (χ3n) is 4.81. The molecule has 33 heavy (non-hydrogen) atoms. The standard InChI is InChI=1S/C24H18ClN3O4S/c1-15(29)28-33(31,32)17-12-10-16(11-13-17)26-24(30)20-14-23(19-7-2-4-8-21(19)25)27-22-9-5-3-6-18(20)22/h2-14H,1H3,(H,26,30)(H,28,29). The summed E-state index contributed by atoms with van der Waals surface area (Å²) < 4.78 is 26.1. The summed E-state index contributed by atoms with van der Waals surface area (Å²) in [5.74, 6) is -1.08. The number of carbonyl (C=O) groups excluding carboxylic acids is 2. The van der Waals surface area contributed by atoms with Gasteiger partial charge >= 0.3 is 0 Å². The van der Waals surface area contributed by atoms with Crippen molar-refractivity contribution < 1.29 is 18.0 Å². The lowest BCUT2D eigenvalue weighted by Gasteiger charge is -2.12. The lowest BCUT2D eigenvalue weighted by Crippen LogP contribution is -2.28. The highest BCUT2D eigenvalue weighted by Gasteiger charge is 2.17. The van der Waals surface area contributed by atoms with Crippen molar-refractivity contribution >= 4 is 50.0 Å². The maximum Gasteiger partial charge on any atom is 0.264 e. The number of amides is 2. The zero-order valence-corrected chi connectivity index (χ0v) is 18.9. The molecule has 0 saturated carbocycles. The number of hydrogen-bond acceptors (Lipinski definition) is 5. The Labute approximate surface area is 195 Å². The Morgan fingerprint density at radius 2 is 1.58 bits per heavy atom. The van der Waals surface area contributed by atoms with E-state index in [9.17, 15) is 18.0 Å². The normalized spacial score (nSPS) is 11.2. The van der Waals surface area contributed by atoms with Gasteiger partial charge in [0.15, 0.2) is 0 Å². The van der Waals surface area contributed by atoms with Gasteiger partial charge in [-0.15, -0.1) is 0 Å². The first-order valence-corrected chi connectivity index (χ1v) is 11.7. The Bertz CT molecular complexity index is 1490. The van der Waals surface area contributed by atoms with Crippen LogP contribution in [0.2, 0.25) is 5.02 Å². The number of rotatable bonds is 5. The number of carbonyl (C=O) groups is 2. The average molecular weight is 480 g/mol. The molecule has 1 aromatic heterocycles. The number of fused-ring (bicyclic) bond motifs is 1. The van der Waals surface area contributed by atoms with E-state index in [0.717, 1.165) is 6.92 Å². The average Bonchev–Trinajstić information content (AvgIpc) is 2.78. The number of halogens is 1. The molecule has 2 amide bonds. The quantitative estimate of drug-likeness (QED) is 0.434. The number of pyridine rings is 1. The summed E-state index contributed by atoms with van der Waals surface area (Å²) in [7, 11) is -3.96. The van der Waals surface area contributed by atoms with E-state index in [-0.39, 0.29) is 10.8 Å². The molecule has 2 N–H and O–H groups in total. The number of nitrogens with one attached hydrogen (secondary N) is 2. The first-order valence-electron chi connectivity index (χ1n) is 9.84. The molecule has 0 aliphatic heterocycles.